The molecule has 0 aliphatic heterocycles. The zero-order chi connectivity index (χ0) is 13.8. The van der Waals surface area contributed by atoms with Crippen LogP contribution in [0.3, 0.4) is 0 Å². The second-order valence-electron chi connectivity index (χ2n) is 4.55. The first-order valence-corrected chi connectivity index (χ1v) is 6.18. The van der Waals surface area contributed by atoms with Crippen LogP contribution in [-0.2, 0) is 11.3 Å². The number of aliphatic carboxylic acids is 1. The Kier molecular flexibility index (Phi) is 3.85. The fraction of sp³-hybridized carbons (Fsp3) is 0.462. The maximum Gasteiger partial charge on any atom is 0.323 e. The molecular weight excluding hydrogens is 246 g/mol. The Balaban J connectivity index is 2.15. The number of hydrogen-bond donors (Lipinski definition) is 1. The third-order valence-corrected chi connectivity index (χ3v) is 3.07. The first kappa shape index (κ1) is 13.1. The van der Waals surface area contributed by atoms with E-state index in [2.05, 4.69) is 0 Å². The van der Waals surface area contributed by atoms with Gasteiger partial charge in [-0.1, -0.05) is 0 Å². The fourth-order valence-electron chi connectivity index (χ4n) is 2.05. The Morgan fingerprint density at radius 1 is 1.53 bits per heavy atom. The molecule has 1 aliphatic carbocycles. The number of carboxylic acid groups (broad SMARTS) is 1. The monoisotopic (exact) mass is 261 g/mol. The number of aromatic nitrogens is 1. The maximum atomic E-state index is 12.4. The highest BCUT2D eigenvalue weighted by Gasteiger charge is 2.33. The second-order valence-corrected chi connectivity index (χ2v) is 4.55. The Bertz CT molecular complexity index is 525. The Morgan fingerprint density at radius 3 is 2.84 bits per heavy atom. The average molecular weight is 261 g/mol. The lowest BCUT2D eigenvalue weighted by Crippen LogP contribution is -2.35. The Labute approximate surface area is 110 Å². The molecule has 1 fully saturated rings. The van der Waals surface area contributed by atoms with E-state index in [0.717, 1.165) is 12.8 Å². The summed E-state index contributed by atoms with van der Waals surface area (Å²) >= 11 is 0. The molecule has 0 spiro atoms. The molecule has 1 heterocycles. The van der Waals surface area contributed by atoms with Crippen molar-refractivity contribution in [1.29, 1.82) is 5.26 Å². The number of amides is 1. The molecule has 0 unspecified atom stereocenters. The van der Waals surface area contributed by atoms with Crippen molar-refractivity contribution in [1.82, 2.24) is 9.47 Å². The molecule has 0 atom stereocenters. The van der Waals surface area contributed by atoms with Crippen LogP contribution in [0.4, 0.5) is 0 Å². The number of carbonyl (C=O) groups is 2. The lowest BCUT2D eigenvalue weighted by Gasteiger charge is -2.21. The summed E-state index contributed by atoms with van der Waals surface area (Å²) in [7, 11) is 0. The van der Waals surface area contributed by atoms with Gasteiger partial charge in [0.2, 0.25) is 0 Å². The highest BCUT2D eigenvalue weighted by molar-refractivity contribution is 5.93. The summed E-state index contributed by atoms with van der Waals surface area (Å²) in [6.45, 7) is 0.170. The van der Waals surface area contributed by atoms with Gasteiger partial charge in [0.05, 0.1) is 12.5 Å². The first-order valence-electron chi connectivity index (χ1n) is 6.18. The van der Waals surface area contributed by atoms with E-state index in [-0.39, 0.29) is 18.5 Å². The number of nitriles is 1. The number of rotatable bonds is 6. The van der Waals surface area contributed by atoms with Crippen LogP contribution < -0.4 is 0 Å². The van der Waals surface area contributed by atoms with E-state index in [1.165, 1.54) is 4.57 Å². The van der Waals surface area contributed by atoms with Gasteiger partial charge in [0.25, 0.3) is 5.91 Å². The molecule has 100 valence electrons. The van der Waals surface area contributed by atoms with Gasteiger partial charge in [-0.3, -0.25) is 9.59 Å². The zero-order valence-electron chi connectivity index (χ0n) is 10.5. The molecule has 1 amide bonds. The van der Waals surface area contributed by atoms with Crippen molar-refractivity contribution in [2.45, 2.75) is 31.8 Å². The van der Waals surface area contributed by atoms with Crippen molar-refractivity contribution in [2.75, 3.05) is 6.54 Å². The summed E-state index contributed by atoms with van der Waals surface area (Å²) < 4.78 is 1.42. The van der Waals surface area contributed by atoms with Crippen LogP contribution in [0.25, 0.3) is 0 Å². The smallest absolute Gasteiger partial charge is 0.323 e. The van der Waals surface area contributed by atoms with E-state index in [0.29, 0.717) is 18.7 Å². The molecule has 0 bridgehead atoms. The van der Waals surface area contributed by atoms with Crippen LogP contribution in [0.5, 0.6) is 0 Å². The van der Waals surface area contributed by atoms with Gasteiger partial charge in [0.15, 0.2) is 0 Å². The van der Waals surface area contributed by atoms with Crippen LogP contribution in [0.15, 0.2) is 18.3 Å². The predicted molar refractivity (Wildman–Crippen MR) is 66.4 cm³/mol. The average Bonchev–Trinajstić information content (AvgIpc) is 3.09. The van der Waals surface area contributed by atoms with Crippen LogP contribution in [0.2, 0.25) is 0 Å². The van der Waals surface area contributed by atoms with Crippen molar-refractivity contribution >= 4 is 11.9 Å². The first-order chi connectivity index (χ1) is 9.13. The summed E-state index contributed by atoms with van der Waals surface area (Å²) in [5.41, 5.74) is 0.368. The number of nitrogens with zero attached hydrogens (tertiary/aromatic N) is 3. The largest absolute Gasteiger partial charge is 0.480 e. The SMILES string of the molecule is N#CCCN(C(=O)c1cccn1CC(=O)O)C1CC1. The van der Waals surface area contributed by atoms with Gasteiger partial charge in [-0.05, 0) is 25.0 Å². The summed E-state index contributed by atoms with van der Waals surface area (Å²) in [5.74, 6) is -1.18. The van der Waals surface area contributed by atoms with Gasteiger partial charge in [-0.2, -0.15) is 5.26 Å². The predicted octanol–water partition coefficient (Wildman–Crippen LogP) is 1.09. The highest BCUT2D eigenvalue weighted by Crippen LogP contribution is 2.28. The van der Waals surface area contributed by atoms with Crippen LogP contribution in [-0.4, -0.2) is 39.0 Å². The molecule has 19 heavy (non-hydrogen) atoms. The molecule has 0 aromatic carbocycles. The van der Waals surface area contributed by atoms with Crippen LogP contribution >= 0.6 is 0 Å². The van der Waals surface area contributed by atoms with Gasteiger partial charge in [0.1, 0.15) is 12.2 Å². The van der Waals surface area contributed by atoms with Crippen molar-refractivity contribution in [2.24, 2.45) is 0 Å². The molecule has 0 saturated heterocycles. The molecule has 1 saturated carbocycles. The summed E-state index contributed by atoms with van der Waals surface area (Å²) in [5, 5.41) is 17.4. The van der Waals surface area contributed by atoms with E-state index in [1.54, 1.807) is 23.2 Å². The normalized spacial score (nSPS) is 13.8. The minimum Gasteiger partial charge on any atom is -0.480 e. The van der Waals surface area contributed by atoms with Gasteiger partial charge in [-0.25, -0.2) is 0 Å². The van der Waals surface area contributed by atoms with Gasteiger partial charge in [-0.15, -0.1) is 0 Å². The molecule has 1 aromatic heterocycles. The summed E-state index contributed by atoms with van der Waals surface area (Å²) in [4.78, 5) is 24.8. The fourth-order valence-corrected chi connectivity index (χ4v) is 2.05. The van der Waals surface area contributed by atoms with E-state index in [4.69, 9.17) is 10.4 Å². The van der Waals surface area contributed by atoms with E-state index < -0.39 is 5.97 Å². The summed E-state index contributed by atoms with van der Waals surface area (Å²) in [6, 6.07) is 5.51. The van der Waals surface area contributed by atoms with Crippen molar-refractivity contribution < 1.29 is 14.7 Å². The quantitative estimate of drug-likeness (QED) is 0.830. The van der Waals surface area contributed by atoms with Crippen LogP contribution in [0, 0.1) is 11.3 Å². The topological polar surface area (TPSA) is 86.3 Å². The Morgan fingerprint density at radius 2 is 2.26 bits per heavy atom. The minimum atomic E-state index is -0.986. The molecule has 6 heteroatoms. The Hall–Kier alpha value is -2.29. The standard InChI is InChI=1S/C13H15N3O3/c14-6-2-8-16(10-4-5-10)13(19)11-3-1-7-15(11)9-12(17)18/h1,3,7,10H,2,4-5,8-9H2,(H,17,18). The molecule has 0 radical (unpaired) electrons. The van der Waals surface area contributed by atoms with Crippen LogP contribution in [0.1, 0.15) is 29.8 Å². The van der Waals surface area contributed by atoms with Crippen molar-refractivity contribution in [3.05, 3.63) is 24.0 Å². The third kappa shape index (κ3) is 3.13. The van der Waals surface area contributed by atoms with Gasteiger partial charge >= 0.3 is 5.97 Å². The second kappa shape index (κ2) is 5.57. The van der Waals surface area contributed by atoms with Gasteiger partial charge < -0.3 is 14.6 Å². The molecular formula is C13H15N3O3. The number of carbonyl (C=O) groups excluding carboxylic acids is 1. The maximum absolute atomic E-state index is 12.4. The molecule has 1 aromatic rings. The number of hydrogen-bond acceptors (Lipinski definition) is 3. The third-order valence-electron chi connectivity index (χ3n) is 3.07. The van der Waals surface area contributed by atoms with E-state index in [9.17, 15) is 9.59 Å². The zero-order valence-corrected chi connectivity index (χ0v) is 10.5. The van der Waals surface area contributed by atoms with Gasteiger partial charge in [0, 0.05) is 18.8 Å². The molecule has 1 N–H and O–H groups in total. The van der Waals surface area contributed by atoms with Crippen molar-refractivity contribution in [3.8, 4) is 6.07 Å². The highest BCUT2D eigenvalue weighted by atomic mass is 16.4. The molecule has 2 rings (SSSR count). The van der Waals surface area contributed by atoms with E-state index >= 15 is 0 Å². The summed E-state index contributed by atoms with van der Waals surface area (Å²) in [6.07, 6.45) is 3.78. The lowest BCUT2D eigenvalue weighted by atomic mass is 10.3. The molecule has 1 aliphatic rings. The lowest BCUT2D eigenvalue weighted by molar-refractivity contribution is -0.137. The molecule has 6 nitrogen and oxygen atoms in total. The minimum absolute atomic E-state index is 0.191. The van der Waals surface area contributed by atoms with E-state index in [1.807, 2.05) is 6.07 Å². The van der Waals surface area contributed by atoms with Crippen molar-refractivity contribution in [3.63, 3.8) is 0 Å². The number of carboxylic acids is 1.